The van der Waals surface area contributed by atoms with Gasteiger partial charge in [0.1, 0.15) is 0 Å². The molecule has 1 fully saturated rings. The van der Waals surface area contributed by atoms with E-state index in [1.165, 1.54) is 0 Å². The molecule has 0 saturated carbocycles. The molecule has 1 aliphatic rings. The van der Waals surface area contributed by atoms with E-state index in [9.17, 15) is 9.82 Å². The van der Waals surface area contributed by atoms with Crippen molar-refractivity contribution >= 4 is 13.0 Å². The van der Waals surface area contributed by atoms with Crippen LogP contribution in [0.15, 0.2) is 0 Å². The van der Waals surface area contributed by atoms with E-state index in [-0.39, 0.29) is 17.9 Å². The summed E-state index contributed by atoms with van der Waals surface area (Å²) in [7, 11) is -0.522. The van der Waals surface area contributed by atoms with Crippen LogP contribution in [0.3, 0.4) is 0 Å². The number of rotatable bonds is 5. The van der Waals surface area contributed by atoms with E-state index >= 15 is 0 Å². The first-order valence-corrected chi connectivity index (χ1v) is 6.30. The number of nitrogens with zero attached hydrogens (tertiary/aromatic N) is 1. The van der Waals surface area contributed by atoms with Gasteiger partial charge in [-0.3, -0.25) is 4.79 Å². The number of nitrogens with one attached hydrogen (secondary N) is 1. The Morgan fingerprint density at radius 3 is 2.71 bits per heavy atom. The molecular weight excluding hydrogens is 219 g/mol. The van der Waals surface area contributed by atoms with Crippen LogP contribution in [-0.2, 0) is 9.53 Å². The third-order valence-electron chi connectivity index (χ3n) is 3.01. The van der Waals surface area contributed by atoms with Crippen molar-refractivity contribution in [3.8, 4) is 0 Å². The van der Waals surface area contributed by atoms with Gasteiger partial charge in [0.2, 0.25) is 0 Å². The fourth-order valence-electron chi connectivity index (χ4n) is 2.22. The van der Waals surface area contributed by atoms with Gasteiger partial charge in [0.25, 0.3) is 0 Å². The number of carbonyl (C=O) groups excluding carboxylic acids is 1. The molecule has 5 nitrogen and oxygen atoms in total. The number of hydrogen-bond donors (Lipinski definition) is 2. The molecule has 0 aromatic heterocycles. The molecule has 98 valence electrons. The number of carbonyl (C=O) groups is 1. The number of esters is 1. The summed E-state index contributed by atoms with van der Waals surface area (Å²) >= 11 is 0. The molecule has 1 saturated heterocycles. The smallest absolute Gasteiger partial charge is 0.376 e. The van der Waals surface area contributed by atoms with Crippen molar-refractivity contribution < 1.29 is 14.6 Å². The zero-order chi connectivity index (χ0) is 13.0. The van der Waals surface area contributed by atoms with Crippen molar-refractivity contribution in [3.63, 3.8) is 0 Å². The molecule has 0 aliphatic carbocycles. The van der Waals surface area contributed by atoms with E-state index in [2.05, 4.69) is 5.32 Å². The second kappa shape index (κ2) is 6.38. The molecule has 0 amide bonds. The van der Waals surface area contributed by atoms with Crippen LogP contribution >= 0.6 is 0 Å². The Morgan fingerprint density at radius 2 is 2.24 bits per heavy atom. The summed E-state index contributed by atoms with van der Waals surface area (Å²) in [5, 5.41) is 12.9. The van der Waals surface area contributed by atoms with Crippen LogP contribution < -0.4 is 5.32 Å². The van der Waals surface area contributed by atoms with E-state index in [4.69, 9.17) is 4.74 Å². The molecule has 0 radical (unpaired) electrons. The highest BCUT2D eigenvalue weighted by atomic mass is 16.5. The first-order valence-electron chi connectivity index (χ1n) is 6.30. The average molecular weight is 242 g/mol. The van der Waals surface area contributed by atoms with Crippen LogP contribution in [0, 0.1) is 5.92 Å². The van der Waals surface area contributed by atoms with Gasteiger partial charge in [0, 0.05) is 25.2 Å². The molecule has 0 spiro atoms. The first kappa shape index (κ1) is 14.5. The van der Waals surface area contributed by atoms with E-state index in [0.29, 0.717) is 25.7 Å². The van der Waals surface area contributed by atoms with Crippen molar-refractivity contribution in [2.45, 2.75) is 39.7 Å². The highest BCUT2D eigenvalue weighted by molar-refractivity contribution is 6.45. The van der Waals surface area contributed by atoms with Crippen molar-refractivity contribution in [3.05, 3.63) is 0 Å². The second-order valence-electron chi connectivity index (χ2n) is 4.87. The molecular formula is C11H23BN2O3. The van der Waals surface area contributed by atoms with Gasteiger partial charge in [0.15, 0.2) is 0 Å². The molecule has 0 bridgehead atoms. The molecule has 6 heteroatoms. The van der Waals surface area contributed by atoms with Gasteiger partial charge in [-0.15, -0.1) is 0 Å². The van der Waals surface area contributed by atoms with Crippen LogP contribution in [0.25, 0.3) is 0 Å². The maximum absolute atomic E-state index is 11.8. The standard InChI is InChI=1S/C11H23BN2O3/c1-5-17-11(15)9-6-14(12(4)16)7-10(9)13-8(2)3/h8-10,13,16H,5-7H2,1-4H3/t9-,10-/m1/s1. The minimum atomic E-state index is -0.522. The third-order valence-corrected chi connectivity index (χ3v) is 3.01. The van der Waals surface area contributed by atoms with Crippen LogP contribution in [0.4, 0.5) is 0 Å². The topological polar surface area (TPSA) is 61.8 Å². The summed E-state index contributed by atoms with van der Waals surface area (Å²) in [5.41, 5.74) is 0. The van der Waals surface area contributed by atoms with E-state index in [0.717, 1.165) is 0 Å². The lowest BCUT2D eigenvalue weighted by molar-refractivity contribution is -0.148. The van der Waals surface area contributed by atoms with Gasteiger partial charge in [-0.25, -0.2) is 0 Å². The highest BCUT2D eigenvalue weighted by Crippen LogP contribution is 2.19. The van der Waals surface area contributed by atoms with Gasteiger partial charge in [-0.2, -0.15) is 0 Å². The van der Waals surface area contributed by atoms with E-state index in [1.807, 2.05) is 25.6 Å². The monoisotopic (exact) mass is 242 g/mol. The second-order valence-corrected chi connectivity index (χ2v) is 4.87. The Morgan fingerprint density at radius 1 is 1.59 bits per heavy atom. The number of hydrogen-bond acceptors (Lipinski definition) is 5. The van der Waals surface area contributed by atoms with Gasteiger partial charge < -0.3 is 19.9 Å². The van der Waals surface area contributed by atoms with Crippen LogP contribution in [0.2, 0.25) is 6.82 Å². The average Bonchev–Trinajstić information content (AvgIpc) is 2.61. The predicted molar refractivity (Wildman–Crippen MR) is 67.6 cm³/mol. The van der Waals surface area contributed by atoms with Crippen LogP contribution in [0.1, 0.15) is 20.8 Å². The summed E-state index contributed by atoms with van der Waals surface area (Å²) in [6.45, 7) is 9.27. The first-order chi connectivity index (χ1) is 7.95. The summed E-state index contributed by atoms with van der Waals surface area (Å²) in [5.74, 6) is -0.360. The molecule has 0 unspecified atom stereocenters. The molecule has 2 N–H and O–H groups in total. The SMILES string of the molecule is CCOC(=O)[C@@H]1CN(B(C)O)C[C@H]1NC(C)C. The lowest BCUT2D eigenvalue weighted by Crippen LogP contribution is -2.44. The normalized spacial score (nSPS) is 25.3. The van der Waals surface area contributed by atoms with Crippen molar-refractivity contribution in [2.75, 3.05) is 19.7 Å². The minimum Gasteiger partial charge on any atom is -0.466 e. The molecule has 1 rings (SSSR count). The lowest BCUT2D eigenvalue weighted by atomic mass is 9.86. The predicted octanol–water partition coefficient (Wildman–Crippen LogP) is -0.0418. The van der Waals surface area contributed by atoms with Gasteiger partial charge in [0.05, 0.1) is 12.5 Å². The maximum Gasteiger partial charge on any atom is 0.376 e. The van der Waals surface area contributed by atoms with Crippen molar-refractivity contribution in [1.82, 2.24) is 10.1 Å². The molecule has 1 aliphatic heterocycles. The Labute approximate surface area is 104 Å². The summed E-state index contributed by atoms with van der Waals surface area (Å²) < 4.78 is 5.08. The molecule has 1 heterocycles. The number of ether oxygens (including phenoxy) is 1. The third kappa shape index (κ3) is 3.98. The quantitative estimate of drug-likeness (QED) is 0.523. The Bertz CT molecular complexity index is 261. The van der Waals surface area contributed by atoms with Crippen molar-refractivity contribution in [1.29, 1.82) is 0 Å². The zero-order valence-electron chi connectivity index (χ0n) is 11.1. The summed E-state index contributed by atoms with van der Waals surface area (Å²) in [6, 6.07) is 0.370. The fourth-order valence-corrected chi connectivity index (χ4v) is 2.22. The minimum absolute atomic E-state index is 0.0589. The van der Waals surface area contributed by atoms with Gasteiger partial charge in [-0.1, -0.05) is 13.8 Å². The fraction of sp³-hybridized carbons (Fsp3) is 0.909. The van der Waals surface area contributed by atoms with Crippen molar-refractivity contribution in [2.24, 2.45) is 5.92 Å². The molecule has 0 aromatic carbocycles. The lowest BCUT2D eigenvalue weighted by Gasteiger charge is -2.21. The largest absolute Gasteiger partial charge is 0.466 e. The maximum atomic E-state index is 11.8. The molecule has 17 heavy (non-hydrogen) atoms. The van der Waals surface area contributed by atoms with Gasteiger partial charge in [-0.05, 0) is 13.7 Å². The molecule has 0 aromatic rings. The van der Waals surface area contributed by atoms with Gasteiger partial charge >= 0.3 is 13.0 Å². The molecule has 2 atom stereocenters. The Kier molecular flexibility index (Phi) is 5.43. The van der Waals surface area contributed by atoms with E-state index < -0.39 is 7.05 Å². The Balaban J connectivity index is 2.66. The zero-order valence-corrected chi connectivity index (χ0v) is 11.1. The van der Waals surface area contributed by atoms with Crippen LogP contribution in [-0.4, -0.2) is 54.6 Å². The summed E-state index contributed by atoms with van der Waals surface area (Å²) in [4.78, 5) is 13.7. The van der Waals surface area contributed by atoms with Crippen LogP contribution in [0.5, 0.6) is 0 Å². The Hall–Kier alpha value is -0.585. The summed E-state index contributed by atoms with van der Waals surface area (Å²) in [6.07, 6.45) is 0. The van der Waals surface area contributed by atoms with E-state index in [1.54, 1.807) is 6.82 Å². The highest BCUT2D eigenvalue weighted by Gasteiger charge is 2.40.